The molecule has 3 heterocycles. The first-order chi connectivity index (χ1) is 14.1. The molecule has 2 fully saturated rings. The number of carbonyl (C=O) groups excluding carboxylic acids is 1. The van der Waals surface area contributed by atoms with E-state index in [4.69, 9.17) is 14.2 Å². The number of likely N-dealkylation sites (tertiary alicyclic amines) is 1. The van der Waals surface area contributed by atoms with Crippen molar-refractivity contribution in [1.29, 1.82) is 0 Å². The van der Waals surface area contributed by atoms with E-state index in [1.165, 1.54) is 18.2 Å². The Balaban J connectivity index is 1.82. The molecule has 0 unspecified atom stereocenters. The molecule has 9 heteroatoms. The Morgan fingerprint density at radius 3 is 2.63 bits per heavy atom. The first-order valence-electron chi connectivity index (χ1n) is 10.3. The lowest BCUT2D eigenvalue weighted by molar-refractivity contribution is -0.0772. The highest BCUT2D eigenvalue weighted by Crippen LogP contribution is 2.41. The fourth-order valence-corrected chi connectivity index (χ4v) is 3.75. The maximum absolute atomic E-state index is 14.8. The topological polar surface area (TPSA) is 64.1 Å². The van der Waals surface area contributed by atoms with Gasteiger partial charge in [0.1, 0.15) is 5.60 Å². The summed E-state index contributed by atoms with van der Waals surface area (Å²) in [7, 11) is 1.52. The van der Waals surface area contributed by atoms with E-state index < -0.39 is 30.0 Å². The number of morpholine rings is 1. The molecule has 0 aromatic carbocycles. The molecule has 1 aromatic rings. The summed E-state index contributed by atoms with van der Waals surface area (Å²) in [5.41, 5.74) is 0.471. The summed E-state index contributed by atoms with van der Waals surface area (Å²) in [5.74, 6) is -3.67. The van der Waals surface area contributed by atoms with E-state index in [9.17, 15) is 13.6 Å². The maximum Gasteiger partial charge on any atom is 0.410 e. The third-order valence-corrected chi connectivity index (χ3v) is 5.32. The van der Waals surface area contributed by atoms with E-state index in [-0.39, 0.29) is 13.1 Å². The monoisotopic (exact) mass is 427 g/mol. The summed E-state index contributed by atoms with van der Waals surface area (Å²) in [6, 6.07) is 1.73. The molecule has 0 N–H and O–H groups in total. The zero-order chi connectivity index (χ0) is 21.9. The van der Waals surface area contributed by atoms with Crippen molar-refractivity contribution in [3.63, 3.8) is 0 Å². The molecule has 1 atom stereocenters. The van der Waals surface area contributed by atoms with Crippen LogP contribution in [0, 0.1) is 0 Å². The van der Waals surface area contributed by atoms with Gasteiger partial charge in [-0.2, -0.15) is 0 Å². The average molecular weight is 427 g/mol. The molecule has 2 saturated heterocycles. The number of carbonyl (C=O) groups is 1. The van der Waals surface area contributed by atoms with Gasteiger partial charge in [-0.05, 0) is 32.4 Å². The van der Waals surface area contributed by atoms with Crippen LogP contribution in [0.4, 0.5) is 13.6 Å². The molecule has 2 aliphatic rings. The van der Waals surface area contributed by atoms with Gasteiger partial charge in [0.25, 0.3) is 5.92 Å². The molecule has 0 radical (unpaired) electrons. The predicted octanol–water partition coefficient (Wildman–Crippen LogP) is 3.28. The molecule has 0 aliphatic carbocycles. The predicted molar refractivity (Wildman–Crippen MR) is 107 cm³/mol. The van der Waals surface area contributed by atoms with Crippen molar-refractivity contribution in [1.82, 2.24) is 14.8 Å². The van der Waals surface area contributed by atoms with Crippen molar-refractivity contribution in [2.45, 2.75) is 51.2 Å². The van der Waals surface area contributed by atoms with E-state index in [2.05, 4.69) is 9.88 Å². The summed E-state index contributed by atoms with van der Waals surface area (Å²) in [6.45, 7) is 8.46. The zero-order valence-corrected chi connectivity index (χ0v) is 18.1. The van der Waals surface area contributed by atoms with Crippen LogP contribution in [0.15, 0.2) is 12.3 Å². The average Bonchev–Trinajstić information content (AvgIpc) is 2.67. The molecule has 1 aromatic heterocycles. The van der Waals surface area contributed by atoms with E-state index in [1.54, 1.807) is 26.8 Å². The summed E-state index contributed by atoms with van der Waals surface area (Å²) in [5, 5.41) is 0. The van der Waals surface area contributed by atoms with Gasteiger partial charge in [-0.15, -0.1) is 0 Å². The second-order valence-electron chi connectivity index (χ2n) is 8.82. The van der Waals surface area contributed by atoms with E-state index >= 15 is 0 Å². The molecule has 168 valence electrons. The number of nitrogens with zero attached hydrogens (tertiary/aromatic N) is 3. The van der Waals surface area contributed by atoms with E-state index in [1.807, 2.05) is 0 Å². The van der Waals surface area contributed by atoms with Crippen molar-refractivity contribution in [3.05, 3.63) is 23.4 Å². The second kappa shape index (κ2) is 9.01. The number of piperidine rings is 1. The van der Waals surface area contributed by atoms with Gasteiger partial charge >= 0.3 is 6.09 Å². The third kappa shape index (κ3) is 5.57. The number of rotatable bonds is 4. The minimum absolute atomic E-state index is 0.0391. The van der Waals surface area contributed by atoms with Crippen LogP contribution in [-0.2, 0) is 16.0 Å². The van der Waals surface area contributed by atoms with Gasteiger partial charge in [-0.3, -0.25) is 4.90 Å². The number of aromatic nitrogens is 1. The standard InChI is InChI=1S/C21H31F2N3O4/c1-20(2,3)30-19(27)26-6-5-21(22,23)17(14-26)15-11-16(18(28-4)24-12-15)13-25-7-9-29-10-8-25/h11-12,17H,5-10,13-14H2,1-4H3/t17-/m1/s1. The van der Waals surface area contributed by atoms with Crippen LogP contribution in [0.5, 0.6) is 5.88 Å². The zero-order valence-electron chi connectivity index (χ0n) is 18.1. The highest BCUT2D eigenvalue weighted by Gasteiger charge is 2.47. The maximum atomic E-state index is 14.8. The van der Waals surface area contributed by atoms with Crippen molar-refractivity contribution >= 4 is 6.09 Å². The van der Waals surface area contributed by atoms with Crippen LogP contribution >= 0.6 is 0 Å². The summed E-state index contributed by atoms with van der Waals surface area (Å²) < 4.78 is 45.8. The largest absolute Gasteiger partial charge is 0.481 e. The van der Waals surface area contributed by atoms with Crippen LogP contribution in [-0.4, -0.2) is 78.9 Å². The number of hydrogen-bond acceptors (Lipinski definition) is 6. The molecular weight excluding hydrogens is 396 g/mol. The van der Waals surface area contributed by atoms with Crippen molar-refractivity contribution in [3.8, 4) is 5.88 Å². The quantitative estimate of drug-likeness (QED) is 0.735. The number of pyridine rings is 1. The highest BCUT2D eigenvalue weighted by molar-refractivity contribution is 5.68. The Hall–Kier alpha value is -2.00. The normalized spacial score (nSPS) is 22.6. The van der Waals surface area contributed by atoms with E-state index in [0.29, 0.717) is 31.2 Å². The molecule has 7 nitrogen and oxygen atoms in total. The first-order valence-corrected chi connectivity index (χ1v) is 10.3. The van der Waals surface area contributed by atoms with Gasteiger partial charge in [-0.25, -0.2) is 18.6 Å². The molecule has 0 saturated carbocycles. The Morgan fingerprint density at radius 2 is 2.00 bits per heavy atom. The van der Waals surface area contributed by atoms with Gasteiger partial charge in [-0.1, -0.05) is 0 Å². The van der Waals surface area contributed by atoms with Gasteiger partial charge in [0.15, 0.2) is 0 Å². The third-order valence-electron chi connectivity index (χ3n) is 5.32. The van der Waals surface area contributed by atoms with Crippen molar-refractivity contribution in [2.75, 3.05) is 46.5 Å². The molecule has 30 heavy (non-hydrogen) atoms. The lowest BCUT2D eigenvalue weighted by atomic mass is 9.87. The number of alkyl halides is 2. The lowest BCUT2D eigenvalue weighted by Gasteiger charge is -2.39. The number of halogens is 2. The van der Waals surface area contributed by atoms with Crippen LogP contribution in [0.2, 0.25) is 0 Å². The van der Waals surface area contributed by atoms with Crippen LogP contribution in [0.1, 0.15) is 44.2 Å². The first kappa shape index (κ1) is 22.7. The highest BCUT2D eigenvalue weighted by atomic mass is 19.3. The van der Waals surface area contributed by atoms with Gasteiger partial charge < -0.3 is 19.1 Å². The Bertz CT molecular complexity index is 748. The van der Waals surface area contributed by atoms with Crippen LogP contribution < -0.4 is 4.74 Å². The Morgan fingerprint density at radius 1 is 1.30 bits per heavy atom. The van der Waals surface area contributed by atoms with E-state index in [0.717, 1.165) is 18.7 Å². The molecule has 0 bridgehead atoms. The van der Waals surface area contributed by atoms with Gasteiger partial charge in [0.05, 0.1) is 26.2 Å². The number of hydrogen-bond donors (Lipinski definition) is 0. The summed E-state index contributed by atoms with van der Waals surface area (Å²) in [6.07, 6.45) is 0.443. The fraction of sp³-hybridized carbons (Fsp3) is 0.714. The van der Waals surface area contributed by atoms with Crippen molar-refractivity contribution < 1.29 is 27.8 Å². The van der Waals surface area contributed by atoms with Crippen LogP contribution in [0.25, 0.3) is 0 Å². The molecule has 1 amide bonds. The smallest absolute Gasteiger partial charge is 0.410 e. The lowest BCUT2D eigenvalue weighted by Crippen LogP contribution is -2.49. The molecule has 0 spiro atoms. The number of ether oxygens (including phenoxy) is 3. The number of methoxy groups -OCH3 is 1. The Labute approximate surface area is 176 Å². The van der Waals surface area contributed by atoms with Crippen molar-refractivity contribution in [2.24, 2.45) is 0 Å². The summed E-state index contributed by atoms with van der Waals surface area (Å²) >= 11 is 0. The minimum Gasteiger partial charge on any atom is -0.481 e. The van der Waals surface area contributed by atoms with Gasteiger partial charge in [0, 0.05) is 50.9 Å². The van der Waals surface area contributed by atoms with Crippen LogP contribution in [0.3, 0.4) is 0 Å². The second-order valence-corrected chi connectivity index (χ2v) is 8.82. The fourth-order valence-electron chi connectivity index (χ4n) is 3.75. The molecule has 2 aliphatic heterocycles. The molecular formula is C21H31F2N3O4. The SMILES string of the molecule is COc1ncc([C@H]2CN(C(=O)OC(C)(C)C)CCC2(F)F)cc1CN1CCOCC1. The molecule has 3 rings (SSSR count). The minimum atomic E-state index is -2.94. The summed E-state index contributed by atoms with van der Waals surface area (Å²) in [4.78, 5) is 20.3. The van der Waals surface area contributed by atoms with Gasteiger partial charge in [0.2, 0.25) is 5.88 Å². The number of amides is 1. The Kier molecular flexibility index (Phi) is 6.81.